The number of ether oxygens (including phenoxy) is 2. The van der Waals surface area contributed by atoms with Crippen LogP contribution in [-0.2, 0) is 34.8 Å². The Labute approximate surface area is 301 Å². The number of aromatic nitrogens is 4. The van der Waals surface area contributed by atoms with Gasteiger partial charge >= 0.3 is 15.6 Å². The Bertz CT molecular complexity index is 2020. The highest BCUT2D eigenvalue weighted by molar-refractivity contribution is 7.87. The van der Waals surface area contributed by atoms with Crippen LogP contribution in [0.5, 0.6) is 0 Å². The molecular formula is C35H42F3N5O7SSi. The highest BCUT2D eigenvalue weighted by Gasteiger charge is 2.73. The van der Waals surface area contributed by atoms with E-state index in [9.17, 15) is 26.4 Å². The molecular weight excluding hydrogens is 720 g/mol. The average Bonchev–Trinajstić information content (AvgIpc) is 3.61. The fraction of sp³-hybridized carbons (Fsp3) is 0.486. The summed E-state index contributed by atoms with van der Waals surface area (Å²) in [5, 5.41) is 2.45. The molecule has 0 radical (unpaired) electrons. The topological polar surface area (TPSA) is 144 Å². The Balaban J connectivity index is 1.49. The molecule has 1 aliphatic carbocycles. The molecule has 1 amide bonds. The van der Waals surface area contributed by atoms with Gasteiger partial charge in [0, 0.05) is 5.56 Å². The van der Waals surface area contributed by atoms with Crippen molar-refractivity contribution in [3.63, 3.8) is 0 Å². The van der Waals surface area contributed by atoms with Crippen LogP contribution >= 0.6 is 0 Å². The predicted octanol–water partition coefficient (Wildman–Crippen LogP) is 7.13. The van der Waals surface area contributed by atoms with Gasteiger partial charge in [-0.1, -0.05) is 76.2 Å². The molecule has 1 N–H and O–H groups in total. The maximum Gasteiger partial charge on any atom is 0.523 e. The predicted molar refractivity (Wildman–Crippen MR) is 188 cm³/mol. The van der Waals surface area contributed by atoms with Gasteiger partial charge in [-0.25, -0.2) is 15.0 Å². The third-order valence-electron chi connectivity index (χ3n) is 10.3. The molecule has 280 valence electrons. The number of amides is 1. The standard InChI is InChI=1S/C35H42F3N5O7SSi/c1-7-34(33(18-19-33)50-52(5,6)32(2,3)4)27(47-20-23-14-10-8-11-15-23)26(49-51(45,46)35(36,37)38)31(48-34)43-22-41-25-28(39-21-40-29(25)43)42-30(44)24-16-12-9-13-17-24/h8-17,21-22,26-27,31H,7,18-20H2,1-6H3,(H,39,40,42,44)/t26?,27-,31-,34-/m1/s1. The number of carbonyl (C=O) groups is 1. The number of nitrogens with zero attached hydrogens (tertiary/aromatic N) is 4. The molecule has 4 atom stereocenters. The van der Waals surface area contributed by atoms with Crippen LogP contribution in [-0.4, -0.2) is 71.1 Å². The number of anilines is 1. The molecule has 1 unspecified atom stereocenters. The van der Waals surface area contributed by atoms with Gasteiger partial charge in [-0.3, -0.25) is 13.5 Å². The highest BCUT2D eigenvalue weighted by Crippen LogP contribution is 2.62. The van der Waals surface area contributed by atoms with E-state index in [0.29, 0.717) is 24.0 Å². The van der Waals surface area contributed by atoms with Crippen LogP contribution in [0.25, 0.3) is 11.2 Å². The minimum absolute atomic E-state index is 0.0227. The van der Waals surface area contributed by atoms with Gasteiger partial charge in [0.15, 0.2) is 37.6 Å². The van der Waals surface area contributed by atoms with Gasteiger partial charge in [0.2, 0.25) is 0 Å². The van der Waals surface area contributed by atoms with Crippen molar-refractivity contribution in [2.45, 2.75) is 107 Å². The summed E-state index contributed by atoms with van der Waals surface area (Å²) in [7, 11) is -8.75. The van der Waals surface area contributed by atoms with E-state index in [2.05, 4.69) is 54.1 Å². The molecule has 2 aromatic heterocycles. The second-order valence-electron chi connectivity index (χ2n) is 14.7. The molecule has 4 aromatic rings. The van der Waals surface area contributed by atoms with E-state index in [4.69, 9.17) is 18.1 Å². The summed E-state index contributed by atoms with van der Waals surface area (Å²) in [4.78, 5) is 25.9. The molecule has 0 bridgehead atoms. The van der Waals surface area contributed by atoms with Crippen LogP contribution in [0.4, 0.5) is 19.0 Å². The second-order valence-corrected chi connectivity index (χ2v) is 20.9. The number of imidazole rings is 1. The summed E-state index contributed by atoms with van der Waals surface area (Å²) in [6.45, 7) is 12.1. The number of nitrogens with one attached hydrogen (secondary N) is 1. The lowest BCUT2D eigenvalue weighted by Crippen LogP contribution is -2.60. The van der Waals surface area contributed by atoms with Crippen molar-refractivity contribution in [1.82, 2.24) is 19.5 Å². The molecule has 12 nitrogen and oxygen atoms in total. The first-order valence-electron chi connectivity index (χ1n) is 16.9. The molecule has 2 fully saturated rings. The zero-order valence-corrected chi connectivity index (χ0v) is 31.5. The first-order chi connectivity index (χ1) is 24.3. The Morgan fingerprint density at radius 3 is 2.23 bits per heavy atom. The molecule has 0 spiro atoms. The summed E-state index contributed by atoms with van der Waals surface area (Å²) in [6, 6.07) is 17.3. The van der Waals surface area contributed by atoms with Crippen LogP contribution in [0.1, 0.15) is 69.1 Å². The lowest BCUT2D eigenvalue weighted by molar-refractivity contribution is -0.184. The van der Waals surface area contributed by atoms with E-state index in [1.165, 1.54) is 10.9 Å². The van der Waals surface area contributed by atoms with E-state index in [1.807, 2.05) is 6.07 Å². The van der Waals surface area contributed by atoms with Crippen molar-refractivity contribution in [2.24, 2.45) is 0 Å². The number of halogens is 3. The first kappa shape index (κ1) is 38.0. The zero-order chi connectivity index (χ0) is 37.7. The fourth-order valence-corrected chi connectivity index (χ4v) is 8.76. The quantitative estimate of drug-likeness (QED) is 0.0900. The fourth-order valence-electron chi connectivity index (χ4n) is 6.51. The Hall–Kier alpha value is -3.74. The third-order valence-corrected chi connectivity index (χ3v) is 15.9. The molecule has 2 aliphatic rings. The zero-order valence-electron chi connectivity index (χ0n) is 29.7. The Morgan fingerprint density at radius 2 is 1.65 bits per heavy atom. The van der Waals surface area contributed by atoms with E-state index >= 15 is 0 Å². The molecule has 52 heavy (non-hydrogen) atoms. The second kappa shape index (κ2) is 13.6. The van der Waals surface area contributed by atoms with Gasteiger partial charge in [0.25, 0.3) is 5.91 Å². The van der Waals surface area contributed by atoms with E-state index in [0.717, 1.165) is 6.33 Å². The summed E-state index contributed by atoms with van der Waals surface area (Å²) in [5.41, 5.74) is -7.09. The number of carbonyl (C=O) groups excluding carboxylic acids is 1. The minimum atomic E-state index is -6.19. The van der Waals surface area contributed by atoms with Crippen LogP contribution in [0.2, 0.25) is 18.1 Å². The van der Waals surface area contributed by atoms with Gasteiger partial charge in [0.1, 0.15) is 18.0 Å². The normalized spacial score (nSPS) is 23.5. The van der Waals surface area contributed by atoms with Gasteiger partial charge in [-0.2, -0.15) is 21.6 Å². The summed E-state index contributed by atoms with van der Waals surface area (Å²) in [6.07, 6.45) is -1.28. The van der Waals surface area contributed by atoms with Gasteiger partial charge in [-0.05, 0) is 55.1 Å². The summed E-state index contributed by atoms with van der Waals surface area (Å²) in [5.74, 6) is -0.461. The van der Waals surface area contributed by atoms with Crippen LogP contribution in [0, 0.1) is 0 Å². The lowest BCUT2D eigenvalue weighted by atomic mass is 9.84. The number of benzene rings is 2. The molecule has 6 rings (SSSR count). The number of rotatable bonds is 12. The molecule has 1 saturated heterocycles. The molecule has 3 heterocycles. The Kier molecular flexibility index (Phi) is 9.93. The van der Waals surface area contributed by atoms with Crippen LogP contribution in [0.15, 0.2) is 73.3 Å². The van der Waals surface area contributed by atoms with Gasteiger partial charge in [-0.15, -0.1) is 0 Å². The maximum absolute atomic E-state index is 14.1. The van der Waals surface area contributed by atoms with Crippen molar-refractivity contribution >= 4 is 41.3 Å². The smallest absolute Gasteiger partial charge is 0.408 e. The van der Waals surface area contributed by atoms with Crippen molar-refractivity contribution < 1.29 is 44.5 Å². The van der Waals surface area contributed by atoms with Crippen molar-refractivity contribution in [1.29, 1.82) is 0 Å². The Morgan fingerprint density at radius 1 is 1.02 bits per heavy atom. The van der Waals surface area contributed by atoms with E-state index in [-0.39, 0.29) is 35.0 Å². The van der Waals surface area contributed by atoms with Crippen LogP contribution in [0.3, 0.4) is 0 Å². The average molecular weight is 762 g/mol. The minimum Gasteiger partial charge on any atom is -0.408 e. The SMILES string of the molecule is CC[C@@]1(C2(O[Si](C)(C)C(C)(C)C)CC2)O[C@@H](n2cnc3c(NC(=O)c4ccccc4)ncnc32)C(OS(=O)(=O)C(F)(F)F)[C@H]1OCc1ccccc1. The molecule has 1 aliphatic heterocycles. The van der Waals surface area contributed by atoms with Crippen molar-refractivity contribution in [3.8, 4) is 0 Å². The maximum atomic E-state index is 14.1. The number of fused-ring (bicyclic) bond motifs is 1. The van der Waals surface area contributed by atoms with E-state index < -0.39 is 59.5 Å². The third kappa shape index (κ3) is 6.89. The largest absolute Gasteiger partial charge is 0.523 e. The van der Waals surface area contributed by atoms with E-state index in [1.54, 1.807) is 61.5 Å². The highest BCUT2D eigenvalue weighted by atomic mass is 32.2. The van der Waals surface area contributed by atoms with Crippen molar-refractivity contribution in [3.05, 3.63) is 84.4 Å². The summed E-state index contributed by atoms with van der Waals surface area (Å²) < 4.78 is 94.9. The lowest BCUT2D eigenvalue weighted by Gasteiger charge is -2.47. The number of hydrogen-bond donors (Lipinski definition) is 1. The summed E-state index contributed by atoms with van der Waals surface area (Å²) >= 11 is 0. The van der Waals surface area contributed by atoms with Crippen molar-refractivity contribution in [2.75, 3.05) is 5.32 Å². The monoisotopic (exact) mass is 761 g/mol. The van der Waals surface area contributed by atoms with Gasteiger partial charge < -0.3 is 19.2 Å². The molecule has 1 saturated carbocycles. The van der Waals surface area contributed by atoms with Crippen LogP contribution < -0.4 is 5.32 Å². The molecule has 17 heteroatoms. The number of hydrogen-bond acceptors (Lipinski definition) is 10. The number of alkyl halides is 3. The first-order valence-corrected chi connectivity index (χ1v) is 21.2. The molecule has 2 aromatic carbocycles. The van der Waals surface area contributed by atoms with Gasteiger partial charge in [0.05, 0.1) is 18.5 Å².